The number of nitrogens with zero attached hydrogens (tertiary/aromatic N) is 2. The van der Waals surface area contributed by atoms with Gasteiger partial charge in [0.05, 0.1) is 17.2 Å². The first-order valence-electron chi connectivity index (χ1n) is 7.34. The second kappa shape index (κ2) is 5.85. The fraction of sp³-hybridized carbons (Fsp3) is 0.786. The van der Waals surface area contributed by atoms with E-state index in [4.69, 9.17) is 0 Å². The number of aromatic nitrogens is 2. The summed E-state index contributed by atoms with van der Waals surface area (Å²) in [6.45, 7) is 9.24. The highest BCUT2D eigenvalue weighted by atomic mass is 32.2. The Balaban J connectivity index is 2.06. The van der Waals surface area contributed by atoms with E-state index in [9.17, 15) is 8.42 Å². The van der Waals surface area contributed by atoms with Crippen LogP contribution < -0.4 is 5.32 Å². The number of hydrogen-bond donors (Lipinski definition) is 1. The Morgan fingerprint density at radius 2 is 1.95 bits per heavy atom. The molecule has 0 radical (unpaired) electrons. The molecular weight excluding hydrogens is 274 g/mol. The average Bonchev–Trinajstić information content (AvgIpc) is 2.67. The van der Waals surface area contributed by atoms with Crippen molar-refractivity contribution in [3.63, 3.8) is 0 Å². The van der Waals surface area contributed by atoms with Gasteiger partial charge in [0.2, 0.25) is 0 Å². The van der Waals surface area contributed by atoms with Crippen molar-refractivity contribution in [3.8, 4) is 0 Å². The molecule has 1 unspecified atom stereocenters. The van der Waals surface area contributed by atoms with Crippen LogP contribution >= 0.6 is 0 Å². The van der Waals surface area contributed by atoms with Crippen molar-refractivity contribution in [3.05, 3.63) is 17.0 Å². The molecule has 1 aliphatic heterocycles. The van der Waals surface area contributed by atoms with Gasteiger partial charge in [-0.2, -0.15) is 5.10 Å². The van der Waals surface area contributed by atoms with Gasteiger partial charge < -0.3 is 5.32 Å². The summed E-state index contributed by atoms with van der Waals surface area (Å²) in [6, 6.07) is 0.499. The smallest absolute Gasteiger partial charge is 0.150 e. The topological polar surface area (TPSA) is 64.0 Å². The van der Waals surface area contributed by atoms with E-state index in [1.54, 1.807) is 0 Å². The van der Waals surface area contributed by atoms with Gasteiger partial charge in [-0.1, -0.05) is 0 Å². The third-order valence-electron chi connectivity index (χ3n) is 4.21. The monoisotopic (exact) mass is 299 g/mol. The Morgan fingerprint density at radius 1 is 1.35 bits per heavy atom. The number of rotatable bonds is 4. The maximum atomic E-state index is 11.5. The number of nitrogens with one attached hydrogen (secondary N) is 1. The van der Waals surface area contributed by atoms with E-state index < -0.39 is 9.84 Å². The van der Waals surface area contributed by atoms with Gasteiger partial charge >= 0.3 is 0 Å². The summed E-state index contributed by atoms with van der Waals surface area (Å²) in [4.78, 5) is 0. The molecule has 0 bridgehead atoms. The Kier molecular flexibility index (Phi) is 4.54. The predicted octanol–water partition coefficient (Wildman–Crippen LogP) is 1.75. The zero-order chi connectivity index (χ0) is 14.9. The summed E-state index contributed by atoms with van der Waals surface area (Å²) < 4.78 is 24.9. The molecule has 1 N–H and O–H groups in total. The molecule has 2 rings (SSSR count). The van der Waals surface area contributed by atoms with Crippen molar-refractivity contribution >= 4 is 9.84 Å². The molecule has 20 heavy (non-hydrogen) atoms. The van der Waals surface area contributed by atoms with Crippen molar-refractivity contribution < 1.29 is 8.42 Å². The summed E-state index contributed by atoms with van der Waals surface area (Å²) in [5.41, 5.74) is 3.52. The van der Waals surface area contributed by atoms with E-state index in [1.165, 1.54) is 11.3 Å². The standard InChI is InChI=1S/C14H25N3O2S/c1-5-17-12(4)14(11(3)16-17)10(2)15-13-6-8-20(18,19)9-7-13/h10,13,15H,5-9H2,1-4H3. The van der Waals surface area contributed by atoms with Crippen LogP contribution in [0.15, 0.2) is 0 Å². The zero-order valence-electron chi connectivity index (χ0n) is 12.8. The lowest BCUT2D eigenvalue weighted by Gasteiger charge is -2.27. The fourth-order valence-electron chi connectivity index (χ4n) is 3.14. The molecule has 1 saturated heterocycles. The molecule has 1 atom stereocenters. The van der Waals surface area contributed by atoms with Crippen molar-refractivity contribution in [2.75, 3.05) is 11.5 Å². The third-order valence-corrected chi connectivity index (χ3v) is 5.93. The van der Waals surface area contributed by atoms with Crippen LogP contribution in [0.1, 0.15) is 49.7 Å². The van der Waals surface area contributed by atoms with Crippen LogP contribution in [-0.4, -0.2) is 35.7 Å². The van der Waals surface area contributed by atoms with Crippen LogP contribution in [0.3, 0.4) is 0 Å². The van der Waals surface area contributed by atoms with Crippen molar-refractivity contribution in [1.82, 2.24) is 15.1 Å². The van der Waals surface area contributed by atoms with Crippen LogP contribution in [0.25, 0.3) is 0 Å². The molecule has 0 amide bonds. The van der Waals surface area contributed by atoms with E-state index in [-0.39, 0.29) is 12.1 Å². The first-order valence-corrected chi connectivity index (χ1v) is 9.16. The highest BCUT2D eigenvalue weighted by Crippen LogP contribution is 2.23. The molecule has 0 saturated carbocycles. The predicted molar refractivity (Wildman–Crippen MR) is 80.6 cm³/mol. The average molecular weight is 299 g/mol. The Morgan fingerprint density at radius 3 is 2.45 bits per heavy atom. The van der Waals surface area contributed by atoms with Gasteiger partial charge in [0.25, 0.3) is 0 Å². The summed E-state index contributed by atoms with van der Waals surface area (Å²) in [6.07, 6.45) is 1.43. The van der Waals surface area contributed by atoms with E-state index >= 15 is 0 Å². The van der Waals surface area contributed by atoms with Crippen molar-refractivity contribution in [2.24, 2.45) is 0 Å². The van der Waals surface area contributed by atoms with Gasteiger partial charge in [0.1, 0.15) is 9.84 Å². The van der Waals surface area contributed by atoms with E-state index in [0.29, 0.717) is 24.3 Å². The van der Waals surface area contributed by atoms with E-state index in [0.717, 1.165) is 12.2 Å². The minimum Gasteiger partial charge on any atom is -0.307 e. The second-order valence-corrected chi connectivity index (χ2v) is 8.02. The molecule has 1 fully saturated rings. The molecule has 1 aliphatic rings. The quantitative estimate of drug-likeness (QED) is 0.920. The number of sulfone groups is 1. The van der Waals surface area contributed by atoms with Crippen LogP contribution in [0.2, 0.25) is 0 Å². The highest BCUT2D eigenvalue weighted by Gasteiger charge is 2.26. The Labute approximate surface area is 121 Å². The molecule has 1 aromatic rings. The molecule has 6 heteroatoms. The minimum absolute atomic E-state index is 0.209. The van der Waals surface area contributed by atoms with Gasteiger partial charge in [-0.15, -0.1) is 0 Å². The number of aryl methyl sites for hydroxylation is 2. The zero-order valence-corrected chi connectivity index (χ0v) is 13.6. The van der Waals surface area contributed by atoms with Gasteiger partial charge in [-0.05, 0) is 40.5 Å². The van der Waals surface area contributed by atoms with Crippen LogP contribution in [0, 0.1) is 13.8 Å². The van der Waals surface area contributed by atoms with Crippen molar-refractivity contribution in [1.29, 1.82) is 0 Å². The first kappa shape index (κ1) is 15.5. The van der Waals surface area contributed by atoms with Crippen LogP contribution in [0.5, 0.6) is 0 Å². The summed E-state index contributed by atoms with van der Waals surface area (Å²) >= 11 is 0. The third kappa shape index (κ3) is 3.23. The molecule has 2 heterocycles. The van der Waals surface area contributed by atoms with E-state index in [2.05, 4.69) is 31.2 Å². The molecule has 5 nitrogen and oxygen atoms in total. The summed E-state index contributed by atoms with van der Waals surface area (Å²) in [5, 5.41) is 8.12. The molecule has 114 valence electrons. The molecular formula is C14H25N3O2S. The van der Waals surface area contributed by atoms with Crippen molar-refractivity contribution in [2.45, 2.75) is 59.2 Å². The molecule has 0 aliphatic carbocycles. The molecule has 0 aromatic carbocycles. The van der Waals surface area contributed by atoms with E-state index in [1.807, 2.05) is 11.6 Å². The fourth-order valence-corrected chi connectivity index (χ4v) is 4.63. The minimum atomic E-state index is -2.79. The maximum absolute atomic E-state index is 11.5. The SMILES string of the molecule is CCn1nc(C)c(C(C)NC2CCS(=O)(=O)CC2)c1C. The lowest BCUT2D eigenvalue weighted by molar-refractivity contribution is 0.418. The maximum Gasteiger partial charge on any atom is 0.150 e. The first-order chi connectivity index (χ1) is 9.34. The van der Waals surface area contributed by atoms with Gasteiger partial charge in [0, 0.05) is 29.9 Å². The normalized spacial score (nSPS) is 21.0. The number of hydrogen-bond acceptors (Lipinski definition) is 4. The lowest BCUT2D eigenvalue weighted by Crippen LogP contribution is -2.39. The largest absolute Gasteiger partial charge is 0.307 e. The summed E-state index contributed by atoms with van der Waals surface area (Å²) in [7, 11) is -2.79. The van der Waals surface area contributed by atoms with Gasteiger partial charge in [0.15, 0.2) is 0 Å². The van der Waals surface area contributed by atoms with Crippen LogP contribution in [0.4, 0.5) is 0 Å². The lowest BCUT2D eigenvalue weighted by atomic mass is 10.0. The second-order valence-electron chi connectivity index (χ2n) is 5.71. The highest BCUT2D eigenvalue weighted by molar-refractivity contribution is 7.91. The van der Waals surface area contributed by atoms with Gasteiger partial charge in [-0.3, -0.25) is 4.68 Å². The van der Waals surface area contributed by atoms with Crippen LogP contribution in [-0.2, 0) is 16.4 Å². The Bertz CT molecular complexity index is 563. The molecule has 1 aromatic heterocycles. The Hall–Kier alpha value is -0.880. The molecule has 0 spiro atoms. The van der Waals surface area contributed by atoms with Gasteiger partial charge in [-0.25, -0.2) is 8.42 Å². The summed E-state index contributed by atoms with van der Waals surface area (Å²) in [5.74, 6) is 0.618.